The van der Waals surface area contributed by atoms with Crippen molar-refractivity contribution in [3.05, 3.63) is 63.3 Å². The van der Waals surface area contributed by atoms with Crippen molar-refractivity contribution in [1.29, 1.82) is 0 Å². The number of aromatic nitrogens is 2. The zero-order chi connectivity index (χ0) is 15.7. The zero-order valence-corrected chi connectivity index (χ0v) is 12.0. The Morgan fingerprint density at radius 1 is 1.18 bits per heavy atom. The third-order valence-electron chi connectivity index (χ3n) is 3.20. The average Bonchev–Trinajstić information content (AvgIpc) is 2.82. The molecule has 0 aliphatic carbocycles. The Labute approximate surface area is 129 Å². The molecule has 1 heterocycles. The lowest BCUT2D eigenvalue weighted by Crippen LogP contribution is -2.15. The van der Waals surface area contributed by atoms with Crippen molar-refractivity contribution in [2.45, 2.75) is 6.42 Å². The van der Waals surface area contributed by atoms with Gasteiger partial charge in [-0.25, -0.2) is 9.18 Å². The maximum atomic E-state index is 13.7. The molecule has 0 aliphatic heterocycles. The van der Waals surface area contributed by atoms with E-state index in [0.29, 0.717) is 16.7 Å². The van der Waals surface area contributed by atoms with Crippen LogP contribution in [0.4, 0.5) is 10.1 Å². The van der Waals surface area contributed by atoms with Gasteiger partial charge in [0.25, 0.3) is 0 Å². The van der Waals surface area contributed by atoms with Gasteiger partial charge in [0.15, 0.2) is 0 Å². The SMILES string of the molecule is O=C(Cc1c(F)cccc1Cl)Nc1ccc2[nH]c(=O)[nH]c2c1. The fraction of sp³-hybridized carbons (Fsp3) is 0.0667. The van der Waals surface area contributed by atoms with E-state index in [9.17, 15) is 14.0 Å². The van der Waals surface area contributed by atoms with Crippen molar-refractivity contribution in [2.24, 2.45) is 0 Å². The molecule has 0 aliphatic rings. The van der Waals surface area contributed by atoms with Crippen LogP contribution in [-0.2, 0) is 11.2 Å². The Balaban J connectivity index is 1.79. The van der Waals surface area contributed by atoms with Crippen LogP contribution >= 0.6 is 11.6 Å². The molecule has 0 saturated carbocycles. The Morgan fingerprint density at radius 2 is 1.95 bits per heavy atom. The summed E-state index contributed by atoms with van der Waals surface area (Å²) in [7, 11) is 0. The Hall–Kier alpha value is -2.60. The van der Waals surface area contributed by atoms with Crippen molar-refractivity contribution in [3.8, 4) is 0 Å². The second-order valence-corrected chi connectivity index (χ2v) is 5.17. The van der Waals surface area contributed by atoms with Gasteiger partial charge >= 0.3 is 5.69 Å². The molecule has 0 saturated heterocycles. The topological polar surface area (TPSA) is 77.8 Å². The van der Waals surface area contributed by atoms with E-state index in [1.165, 1.54) is 18.2 Å². The maximum Gasteiger partial charge on any atom is 0.323 e. The van der Waals surface area contributed by atoms with Crippen LogP contribution in [0.25, 0.3) is 11.0 Å². The molecule has 2 aromatic carbocycles. The number of anilines is 1. The van der Waals surface area contributed by atoms with E-state index < -0.39 is 11.7 Å². The van der Waals surface area contributed by atoms with Crippen LogP contribution in [-0.4, -0.2) is 15.9 Å². The number of hydrogen-bond donors (Lipinski definition) is 3. The number of hydrogen-bond acceptors (Lipinski definition) is 2. The number of halogens is 2. The zero-order valence-electron chi connectivity index (χ0n) is 11.2. The molecular weight excluding hydrogens is 309 g/mol. The number of amides is 1. The van der Waals surface area contributed by atoms with E-state index in [1.807, 2.05) is 0 Å². The average molecular weight is 320 g/mol. The van der Waals surface area contributed by atoms with Crippen LogP contribution in [0.5, 0.6) is 0 Å². The summed E-state index contributed by atoms with van der Waals surface area (Å²) in [6.07, 6.45) is -0.173. The molecule has 0 bridgehead atoms. The van der Waals surface area contributed by atoms with Gasteiger partial charge in [0, 0.05) is 16.3 Å². The molecule has 1 aromatic heterocycles. The molecule has 0 atom stereocenters. The van der Waals surface area contributed by atoms with Gasteiger partial charge < -0.3 is 15.3 Å². The van der Waals surface area contributed by atoms with Gasteiger partial charge in [-0.15, -0.1) is 0 Å². The van der Waals surface area contributed by atoms with Crippen LogP contribution in [0.1, 0.15) is 5.56 Å². The van der Waals surface area contributed by atoms with Gasteiger partial charge in [-0.3, -0.25) is 4.79 Å². The van der Waals surface area contributed by atoms with Crippen molar-refractivity contribution >= 4 is 34.2 Å². The number of carbonyl (C=O) groups is 1. The molecule has 0 spiro atoms. The number of benzene rings is 2. The first kappa shape index (κ1) is 14.3. The minimum absolute atomic E-state index is 0.151. The number of nitrogens with one attached hydrogen (secondary N) is 3. The van der Waals surface area contributed by atoms with Crippen molar-refractivity contribution in [3.63, 3.8) is 0 Å². The molecule has 1 amide bonds. The summed E-state index contributed by atoms with van der Waals surface area (Å²) in [5, 5.41) is 2.85. The van der Waals surface area contributed by atoms with Crippen molar-refractivity contribution < 1.29 is 9.18 Å². The lowest BCUT2D eigenvalue weighted by atomic mass is 10.1. The largest absolute Gasteiger partial charge is 0.326 e. The minimum Gasteiger partial charge on any atom is -0.326 e. The van der Waals surface area contributed by atoms with Gasteiger partial charge in [-0.1, -0.05) is 17.7 Å². The summed E-state index contributed by atoms with van der Waals surface area (Å²) < 4.78 is 13.7. The van der Waals surface area contributed by atoms with Gasteiger partial charge in [0.2, 0.25) is 5.91 Å². The summed E-state index contributed by atoms with van der Waals surface area (Å²) in [6, 6.07) is 9.20. The lowest BCUT2D eigenvalue weighted by Gasteiger charge is -2.07. The third-order valence-corrected chi connectivity index (χ3v) is 3.55. The van der Waals surface area contributed by atoms with Crippen LogP contribution in [0.3, 0.4) is 0 Å². The van der Waals surface area contributed by atoms with E-state index in [0.717, 1.165) is 0 Å². The molecule has 7 heteroatoms. The summed E-state index contributed by atoms with van der Waals surface area (Å²) in [4.78, 5) is 28.4. The quantitative estimate of drug-likeness (QED) is 0.694. The molecular formula is C15H11ClFN3O2. The summed E-state index contributed by atoms with van der Waals surface area (Å²) in [5.74, 6) is -0.919. The first-order chi connectivity index (χ1) is 10.5. The molecule has 0 radical (unpaired) electrons. The first-order valence-corrected chi connectivity index (χ1v) is 6.85. The van der Waals surface area contributed by atoms with E-state index in [1.54, 1.807) is 18.2 Å². The van der Waals surface area contributed by atoms with E-state index in [4.69, 9.17) is 11.6 Å². The first-order valence-electron chi connectivity index (χ1n) is 6.48. The minimum atomic E-state index is -0.520. The summed E-state index contributed by atoms with van der Waals surface area (Å²) >= 11 is 5.89. The molecule has 112 valence electrons. The second-order valence-electron chi connectivity index (χ2n) is 4.76. The Kier molecular flexibility index (Phi) is 3.68. The molecule has 3 rings (SSSR count). The molecule has 5 nitrogen and oxygen atoms in total. The van der Waals surface area contributed by atoms with Gasteiger partial charge in [-0.05, 0) is 30.3 Å². The van der Waals surface area contributed by atoms with E-state index >= 15 is 0 Å². The smallest absolute Gasteiger partial charge is 0.323 e. The summed E-state index contributed by atoms with van der Waals surface area (Å²) in [5.41, 5.74) is 1.54. The fourth-order valence-corrected chi connectivity index (χ4v) is 2.41. The van der Waals surface area contributed by atoms with Gasteiger partial charge in [0.1, 0.15) is 5.82 Å². The number of rotatable bonds is 3. The third kappa shape index (κ3) is 2.87. The molecule has 0 unspecified atom stereocenters. The highest BCUT2D eigenvalue weighted by molar-refractivity contribution is 6.31. The van der Waals surface area contributed by atoms with Crippen LogP contribution < -0.4 is 11.0 Å². The maximum absolute atomic E-state index is 13.7. The predicted octanol–water partition coefficient (Wildman–Crippen LogP) is 2.83. The van der Waals surface area contributed by atoms with E-state index in [-0.39, 0.29) is 22.7 Å². The number of imidazole rings is 1. The Morgan fingerprint density at radius 3 is 2.73 bits per heavy atom. The highest BCUT2D eigenvalue weighted by Gasteiger charge is 2.12. The standard InChI is InChI=1S/C15H11ClFN3O2/c16-10-2-1-3-11(17)9(10)7-14(21)18-8-4-5-12-13(6-8)20-15(22)19-12/h1-6H,7H2,(H,18,21)(H2,19,20,22). The molecule has 22 heavy (non-hydrogen) atoms. The number of H-pyrrole nitrogens is 2. The number of carbonyl (C=O) groups excluding carboxylic acids is 1. The van der Waals surface area contributed by atoms with Crippen molar-refractivity contribution in [2.75, 3.05) is 5.32 Å². The van der Waals surface area contributed by atoms with Gasteiger partial charge in [0.05, 0.1) is 17.5 Å². The van der Waals surface area contributed by atoms with Crippen molar-refractivity contribution in [1.82, 2.24) is 9.97 Å². The van der Waals surface area contributed by atoms with Crippen LogP contribution in [0, 0.1) is 5.82 Å². The van der Waals surface area contributed by atoms with E-state index in [2.05, 4.69) is 15.3 Å². The van der Waals surface area contributed by atoms with Gasteiger partial charge in [-0.2, -0.15) is 0 Å². The number of aromatic amines is 2. The highest BCUT2D eigenvalue weighted by Crippen LogP contribution is 2.20. The predicted molar refractivity (Wildman–Crippen MR) is 82.7 cm³/mol. The number of fused-ring (bicyclic) bond motifs is 1. The van der Waals surface area contributed by atoms with Crippen LogP contribution in [0.15, 0.2) is 41.2 Å². The normalized spacial score (nSPS) is 10.8. The fourth-order valence-electron chi connectivity index (χ4n) is 2.18. The lowest BCUT2D eigenvalue weighted by molar-refractivity contribution is -0.115. The molecule has 3 aromatic rings. The molecule has 3 N–H and O–H groups in total. The monoisotopic (exact) mass is 319 g/mol. The highest BCUT2D eigenvalue weighted by atomic mass is 35.5. The molecule has 0 fully saturated rings. The van der Waals surface area contributed by atoms with Crippen LogP contribution in [0.2, 0.25) is 5.02 Å². The summed E-state index contributed by atoms with van der Waals surface area (Å²) in [6.45, 7) is 0. The Bertz CT molecular complexity index is 896. The second kappa shape index (κ2) is 5.65.